The molecule has 2 amide bonds. The quantitative estimate of drug-likeness (QED) is 0.809. The maximum absolute atomic E-state index is 12.7. The van der Waals surface area contributed by atoms with Gasteiger partial charge in [0.15, 0.2) is 11.5 Å². The van der Waals surface area contributed by atoms with Gasteiger partial charge in [-0.25, -0.2) is 0 Å². The van der Waals surface area contributed by atoms with Gasteiger partial charge in [-0.15, -0.1) is 0 Å². The summed E-state index contributed by atoms with van der Waals surface area (Å²) in [4.78, 5) is 26.0. The van der Waals surface area contributed by atoms with Crippen LogP contribution in [0.15, 0.2) is 30.9 Å². The summed E-state index contributed by atoms with van der Waals surface area (Å²) < 4.78 is 11.1. The number of carbonyl (C=O) groups is 2. The summed E-state index contributed by atoms with van der Waals surface area (Å²) in [6.45, 7) is 8.97. The van der Waals surface area contributed by atoms with Gasteiger partial charge in [0.1, 0.15) is 12.6 Å². The third-order valence-corrected chi connectivity index (χ3v) is 3.61. The van der Waals surface area contributed by atoms with Crippen LogP contribution in [0.1, 0.15) is 24.2 Å². The number of benzene rings is 1. The molecule has 124 valence electrons. The number of ether oxygens (including phenoxy) is 2. The van der Waals surface area contributed by atoms with Gasteiger partial charge in [-0.3, -0.25) is 9.59 Å². The number of hydrogen-bond acceptors (Lipinski definition) is 4. The molecule has 1 aliphatic rings. The van der Waals surface area contributed by atoms with Gasteiger partial charge >= 0.3 is 0 Å². The summed E-state index contributed by atoms with van der Waals surface area (Å²) in [5, 5.41) is 2.75. The van der Waals surface area contributed by atoms with E-state index in [2.05, 4.69) is 11.9 Å². The summed E-state index contributed by atoms with van der Waals surface area (Å²) in [5.41, 5.74) is 0.473. The average molecular weight is 318 g/mol. The molecule has 1 heterocycles. The van der Waals surface area contributed by atoms with Crippen LogP contribution in [0.4, 0.5) is 0 Å². The SMILES string of the molecule is C=CCOc1ccc(C(=O)N2CCNC(=O)[C@@H]2C)cc1OCC. The normalized spacial score (nSPS) is 17.4. The minimum Gasteiger partial charge on any atom is -0.490 e. The van der Waals surface area contributed by atoms with Crippen LogP contribution in [0, 0.1) is 0 Å². The highest BCUT2D eigenvalue weighted by molar-refractivity contribution is 5.98. The fourth-order valence-electron chi connectivity index (χ4n) is 2.40. The van der Waals surface area contributed by atoms with E-state index in [-0.39, 0.29) is 11.8 Å². The maximum Gasteiger partial charge on any atom is 0.254 e. The Kier molecular flexibility index (Phi) is 5.62. The molecular formula is C17H22N2O4. The first-order valence-corrected chi connectivity index (χ1v) is 7.67. The van der Waals surface area contributed by atoms with E-state index in [1.165, 1.54) is 0 Å². The first kappa shape index (κ1) is 16.9. The Bertz CT molecular complexity index is 600. The second-order valence-electron chi connectivity index (χ2n) is 5.16. The number of rotatable bonds is 6. The number of nitrogens with one attached hydrogen (secondary N) is 1. The first-order chi connectivity index (χ1) is 11.1. The van der Waals surface area contributed by atoms with Crippen molar-refractivity contribution >= 4 is 11.8 Å². The molecule has 1 aromatic carbocycles. The number of piperazine rings is 1. The van der Waals surface area contributed by atoms with Gasteiger partial charge < -0.3 is 19.7 Å². The lowest BCUT2D eigenvalue weighted by Crippen LogP contribution is -2.55. The van der Waals surface area contributed by atoms with Crippen LogP contribution >= 0.6 is 0 Å². The van der Waals surface area contributed by atoms with E-state index in [9.17, 15) is 9.59 Å². The molecule has 0 spiro atoms. The van der Waals surface area contributed by atoms with E-state index < -0.39 is 6.04 Å². The van der Waals surface area contributed by atoms with Crippen LogP contribution in [0.25, 0.3) is 0 Å². The van der Waals surface area contributed by atoms with Crippen LogP contribution in [0.5, 0.6) is 11.5 Å². The number of carbonyl (C=O) groups excluding carboxylic acids is 2. The van der Waals surface area contributed by atoms with Crippen molar-refractivity contribution in [3.63, 3.8) is 0 Å². The molecule has 0 saturated carbocycles. The van der Waals surface area contributed by atoms with E-state index in [1.807, 2.05) is 6.92 Å². The number of hydrogen-bond donors (Lipinski definition) is 1. The van der Waals surface area contributed by atoms with Crippen LogP contribution in [0.2, 0.25) is 0 Å². The second kappa shape index (κ2) is 7.67. The Morgan fingerprint density at radius 2 is 2.22 bits per heavy atom. The fourth-order valence-corrected chi connectivity index (χ4v) is 2.40. The van der Waals surface area contributed by atoms with Crippen molar-refractivity contribution in [2.24, 2.45) is 0 Å². The molecule has 6 nitrogen and oxygen atoms in total. The monoisotopic (exact) mass is 318 g/mol. The zero-order valence-corrected chi connectivity index (χ0v) is 13.5. The van der Waals surface area contributed by atoms with Crippen molar-refractivity contribution in [2.45, 2.75) is 19.9 Å². The summed E-state index contributed by atoms with van der Waals surface area (Å²) in [7, 11) is 0. The van der Waals surface area contributed by atoms with Crippen molar-refractivity contribution in [1.82, 2.24) is 10.2 Å². The average Bonchev–Trinajstić information content (AvgIpc) is 2.56. The van der Waals surface area contributed by atoms with Crippen LogP contribution in [-0.2, 0) is 4.79 Å². The largest absolute Gasteiger partial charge is 0.490 e. The highest BCUT2D eigenvalue weighted by atomic mass is 16.5. The first-order valence-electron chi connectivity index (χ1n) is 7.67. The Balaban J connectivity index is 2.24. The van der Waals surface area contributed by atoms with Crippen LogP contribution in [0.3, 0.4) is 0 Å². The van der Waals surface area contributed by atoms with E-state index in [1.54, 1.807) is 36.1 Å². The summed E-state index contributed by atoms with van der Waals surface area (Å²) >= 11 is 0. The molecule has 23 heavy (non-hydrogen) atoms. The lowest BCUT2D eigenvalue weighted by Gasteiger charge is -2.33. The summed E-state index contributed by atoms with van der Waals surface area (Å²) in [6, 6.07) is 4.56. The van der Waals surface area contributed by atoms with E-state index in [0.717, 1.165) is 0 Å². The van der Waals surface area contributed by atoms with Gasteiger partial charge in [-0.2, -0.15) is 0 Å². The topological polar surface area (TPSA) is 67.9 Å². The van der Waals surface area contributed by atoms with Crippen molar-refractivity contribution in [3.8, 4) is 11.5 Å². The Morgan fingerprint density at radius 1 is 1.43 bits per heavy atom. The number of nitrogens with zero attached hydrogens (tertiary/aromatic N) is 1. The van der Waals surface area contributed by atoms with Crippen molar-refractivity contribution < 1.29 is 19.1 Å². The molecule has 1 saturated heterocycles. The molecule has 2 rings (SSSR count). The van der Waals surface area contributed by atoms with Gasteiger partial charge in [0, 0.05) is 18.7 Å². The molecule has 1 N–H and O–H groups in total. The standard InChI is InChI=1S/C17H22N2O4/c1-4-10-23-14-7-6-13(11-15(14)22-5-2)17(21)19-9-8-18-16(20)12(19)3/h4,6-7,11-12H,1,5,8-10H2,2-3H3,(H,18,20)/t12-/m0/s1. The molecule has 1 atom stereocenters. The highest BCUT2D eigenvalue weighted by Crippen LogP contribution is 2.29. The van der Waals surface area contributed by atoms with Crippen LogP contribution in [-0.4, -0.2) is 49.1 Å². The van der Waals surface area contributed by atoms with E-state index in [0.29, 0.717) is 43.4 Å². The van der Waals surface area contributed by atoms with Crippen molar-refractivity contribution in [2.75, 3.05) is 26.3 Å². The van der Waals surface area contributed by atoms with Gasteiger partial charge in [0.2, 0.25) is 5.91 Å². The molecule has 0 radical (unpaired) electrons. The lowest BCUT2D eigenvalue weighted by molar-refractivity contribution is -0.127. The number of amides is 2. The summed E-state index contributed by atoms with van der Waals surface area (Å²) in [6.07, 6.45) is 1.64. The third kappa shape index (κ3) is 3.83. The zero-order chi connectivity index (χ0) is 16.8. The van der Waals surface area contributed by atoms with E-state index >= 15 is 0 Å². The second-order valence-corrected chi connectivity index (χ2v) is 5.16. The van der Waals surface area contributed by atoms with Crippen molar-refractivity contribution in [3.05, 3.63) is 36.4 Å². The Hall–Kier alpha value is -2.50. The van der Waals surface area contributed by atoms with Gasteiger partial charge in [-0.1, -0.05) is 12.7 Å². The third-order valence-electron chi connectivity index (χ3n) is 3.61. The van der Waals surface area contributed by atoms with E-state index in [4.69, 9.17) is 9.47 Å². The Morgan fingerprint density at radius 3 is 2.91 bits per heavy atom. The molecule has 0 aliphatic carbocycles. The minimum atomic E-state index is -0.483. The predicted octanol–water partition coefficient (Wildman–Crippen LogP) is 1.61. The summed E-state index contributed by atoms with van der Waals surface area (Å²) in [5.74, 6) is 0.742. The molecule has 1 aliphatic heterocycles. The molecule has 0 bridgehead atoms. The molecule has 6 heteroatoms. The van der Waals surface area contributed by atoms with Gasteiger partial charge in [-0.05, 0) is 32.0 Å². The Labute approximate surface area is 136 Å². The highest BCUT2D eigenvalue weighted by Gasteiger charge is 2.30. The zero-order valence-electron chi connectivity index (χ0n) is 13.5. The van der Waals surface area contributed by atoms with Gasteiger partial charge in [0.05, 0.1) is 6.61 Å². The predicted molar refractivity (Wildman–Crippen MR) is 86.8 cm³/mol. The van der Waals surface area contributed by atoms with Crippen LogP contribution < -0.4 is 14.8 Å². The lowest BCUT2D eigenvalue weighted by atomic mass is 10.1. The minimum absolute atomic E-state index is 0.138. The smallest absolute Gasteiger partial charge is 0.254 e. The van der Waals surface area contributed by atoms with Crippen molar-refractivity contribution in [1.29, 1.82) is 0 Å². The fraction of sp³-hybridized carbons (Fsp3) is 0.412. The maximum atomic E-state index is 12.7. The molecule has 1 aromatic rings. The molecular weight excluding hydrogens is 296 g/mol. The molecule has 0 aromatic heterocycles. The van der Waals surface area contributed by atoms with Gasteiger partial charge in [0.25, 0.3) is 5.91 Å². The molecule has 1 fully saturated rings. The molecule has 0 unspecified atom stereocenters.